The molecule has 1 aromatic heterocycles. The lowest BCUT2D eigenvalue weighted by Crippen LogP contribution is -2.34. The van der Waals surface area contributed by atoms with Crippen molar-refractivity contribution in [3.05, 3.63) is 65.2 Å². The van der Waals surface area contributed by atoms with E-state index in [-0.39, 0.29) is 17.2 Å². The first-order chi connectivity index (χ1) is 14.0. The maximum atomic E-state index is 12.7. The molecule has 0 unspecified atom stereocenters. The standard InChI is InChI=1S/C23H27N3O2S/c1-5-9-20(18-10-7-6-8-11-18)24-21(27)17(4)29-23-26-25-22(28-23)19-13-12-15(2)16(3)14-19/h6-8,10-14,17,20H,5,9H2,1-4H3,(H,24,27)/t17-,20-/m1/s1. The van der Waals surface area contributed by atoms with E-state index in [9.17, 15) is 4.79 Å². The van der Waals surface area contributed by atoms with Crippen LogP contribution in [-0.4, -0.2) is 21.4 Å². The van der Waals surface area contributed by atoms with E-state index in [0.717, 1.165) is 24.0 Å². The van der Waals surface area contributed by atoms with Crippen molar-refractivity contribution in [1.82, 2.24) is 15.5 Å². The first-order valence-electron chi connectivity index (χ1n) is 9.91. The number of carbonyl (C=O) groups excluding carboxylic acids is 1. The van der Waals surface area contributed by atoms with E-state index in [1.807, 2.05) is 55.5 Å². The fourth-order valence-corrected chi connectivity index (χ4v) is 3.73. The van der Waals surface area contributed by atoms with Gasteiger partial charge in [-0.2, -0.15) is 0 Å². The summed E-state index contributed by atoms with van der Waals surface area (Å²) < 4.78 is 5.78. The molecule has 0 fully saturated rings. The lowest BCUT2D eigenvalue weighted by molar-refractivity contribution is -0.121. The van der Waals surface area contributed by atoms with Crippen molar-refractivity contribution < 1.29 is 9.21 Å². The molecule has 0 saturated carbocycles. The van der Waals surface area contributed by atoms with Gasteiger partial charge in [-0.1, -0.05) is 61.5 Å². The number of benzene rings is 2. The third-order valence-corrected chi connectivity index (χ3v) is 5.84. The first kappa shape index (κ1) is 21.1. The molecule has 152 valence electrons. The number of hydrogen-bond acceptors (Lipinski definition) is 5. The van der Waals surface area contributed by atoms with E-state index in [1.165, 1.54) is 22.9 Å². The molecule has 0 spiro atoms. The van der Waals surface area contributed by atoms with E-state index in [2.05, 4.69) is 36.3 Å². The Morgan fingerprint density at radius 2 is 1.86 bits per heavy atom. The molecule has 0 aliphatic rings. The average molecular weight is 410 g/mol. The molecule has 3 rings (SSSR count). The lowest BCUT2D eigenvalue weighted by atomic mass is 10.0. The highest BCUT2D eigenvalue weighted by atomic mass is 32.2. The Bertz CT molecular complexity index is 956. The summed E-state index contributed by atoms with van der Waals surface area (Å²) in [6.07, 6.45) is 1.88. The Morgan fingerprint density at radius 1 is 1.10 bits per heavy atom. The maximum absolute atomic E-state index is 12.7. The first-order valence-corrected chi connectivity index (χ1v) is 10.8. The number of nitrogens with one attached hydrogen (secondary N) is 1. The third kappa shape index (κ3) is 5.48. The quantitative estimate of drug-likeness (QED) is 0.498. The van der Waals surface area contributed by atoms with E-state index in [4.69, 9.17) is 4.42 Å². The number of aromatic nitrogens is 2. The molecule has 3 aromatic rings. The zero-order chi connectivity index (χ0) is 20.8. The SMILES string of the molecule is CCC[C@@H](NC(=O)[C@@H](C)Sc1nnc(-c2ccc(C)c(C)c2)o1)c1ccccc1. The molecule has 5 nitrogen and oxygen atoms in total. The van der Waals surface area contributed by atoms with Gasteiger partial charge in [0.2, 0.25) is 11.8 Å². The van der Waals surface area contributed by atoms with Crippen LogP contribution >= 0.6 is 11.8 Å². The highest BCUT2D eigenvalue weighted by molar-refractivity contribution is 8.00. The summed E-state index contributed by atoms with van der Waals surface area (Å²) in [7, 11) is 0. The van der Waals surface area contributed by atoms with Gasteiger partial charge in [-0.15, -0.1) is 10.2 Å². The molecule has 29 heavy (non-hydrogen) atoms. The van der Waals surface area contributed by atoms with Gasteiger partial charge in [0.05, 0.1) is 11.3 Å². The Kier molecular flexibility index (Phi) is 7.09. The summed E-state index contributed by atoms with van der Waals surface area (Å²) in [6, 6.07) is 16.1. The number of hydrogen-bond donors (Lipinski definition) is 1. The summed E-state index contributed by atoms with van der Waals surface area (Å²) in [5.41, 5.74) is 4.39. The number of rotatable bonds is 8. The minimum atomic E-state index is -0.342. The predicted octanol–water partition coefficient (Wildman–Crippen LogP) is 5.49. The minimum absolute atomic E-state index is 0.00512. The van der Waals surface area contributed by atoms with Crippen LogP contribution in [-0.2, 0) is 4.79 Å². The van der Waals surface area contributed by atoms with Gasteiger partial charge in [-0.3, -0.25) is 4.79 Å². The molecule has 6 heteroatoms. The van der Waals surface area contributed by atoms with E-state index in [1.54, 1.807) is 0 Å². The fourth-order valence-electron chi connectivity index (χ4n) is 3.04. The Labute approximate surface area is 176 Å². The van der Waals surface area contributed by atoms with Gasteiger partial charge in [0, 0.05) is 5.56 Å². The minimum Gasteiger partial charge on any atom is -0.411 e. The topological polar surface area (TPSA) is 68.0 Å². The van der Waals surface area contributed by atoms with Gasteiger partial charge < -0.3 is 9.73 Å². The van der Waals surface area contributed by atoms with Crippen molar-refractivity contribution >= 4 is 17.7 Å². The van der Waals surface area contributed by atoms with Gasteiger partial charge in [-0.25, -0.2) is 0 Å². The molecule has 0 aliphatic heterocycles. The van der Waals surface area contributed by atoms with Crippen LogP contribution in [0.2, 0.25) is 0 Å². The second-order valence-corrected chi connectivity index (χ2v) is 8.48. The Balaban J connectivity index is 1.65. The molecule has 2 aromatic carbocycles. The molecule has 0 saturated heterocycles. The fraction of sp³-hybridized carbons (Fsp3) is 0.348. The Hall–Kier alpha value is -2.60. The van der Waals surface area contributed by atoms with Gasteiger partial charge >= 0.3 is 0 Å². The zero-order valence-corrected chi connectivity index (χ0v) is 18.1. The van der Waals surface area contributed by atoms with Gasteiger partial charge in [0.15, 0.2) is 0 Å². The lowest BCUT2D eigenvalue weighted by Gasteiger charge is -2.20. The number of thioether (sulfide) groups is 1. The number of nitrogens with zero attached hydrogens (tertiary/aromatic N) is 2. The monoisotopic (exact) mass is 409 g/mol. The second kappa shape index (κ2) is 9.74. The molecule has 1 amide bonds. The normalized spacial score (nSPS) is 13.1. The summed E-state index contributed by atoms with van der Waals surface area (Å²) >= 11 is 1.28. The molecule has 0 aliphatic carbocycles. The number of amides is 1. The molecular weight excluding hydrogens is 382 g/mol. The summed E-state index contributed by atoms with van der Waals surface area (Å²) in [6.45, 7) is 8.09. The van der Waals surface area contributed by atoms with Crippen molar-refractivity contribution in [2.75, 3.05) is 0 Å². The van der Waals surface area contributed by atoms with E-state index < -0.39 is 0 Å². The van der Waals surface area contributed by atoms with Crippen LogP contribution in [0.3, 0.4) is 0 Å². The molecule has 0 bridgehead atoms. The van der Waals surface area contributed by atoms with E-state index in [0.29, 0.717) is 11.1 Å². The summed E-state index contributed by atoms with van der Waals surface area (Å²) in [5.74, 6) is 0.430. The highest BCUT2D eigenvalue weighted by Crippen LogP contribution is 2.28. The largest absolute Gasteiger partial charge is 0.411 e. The van der Waals surface area contributed by atoms with Crippen LogP contribution < -0.4 is 5.32 Å². The summed E-state index contributed by atoms with van der Waals surface area (Å²) in [4.78, 5) is 12.7. The van der Waals surface area contributed by atoms with Crippen molar-refractivity contribution in [1.29, 1.82) is 0 Å². The van der Waals surface area contributed by atoms with Crippen molar-refractivity contribution in [3.8, 4) is 11.5 Å². The molecule has 1 N–H and O–H groups in total. The predicted molar refractivity (Wildman–Crippen MR) is 117 cm³/mol. The Morgan fingerprint density at radius 3 is 2.55 bits per heavy atom. The number of aryl methyl sites for hydroxylation is 2. The third-order valence-electron chi connectivity index (χ3n) is 4.90. The summed E-state index contributed by atoms with van der Waals surface area (Å²) in [5, 5.41) is 11.5. The number of carbonyl (C=O) groups is 1. The van der Waals surface area contributed by atoms with E-state index >= 15 is 0 Å². The molecule has 1 heterocycles. The van der Waals surface area contributed by atoms with Crippen LogP contribution in [0.5, 0.6) is 0 Å². The van der Waals surface area contributed by atoms with Crippen molar-refractivity contribution in [3.63, 3.8) is 0 Å². The van der Waals surface area contributed by atoms with Crippen LogP contribution in [0.4, 0.5) is 0 Å². The second-order valence-electron chi connectivity index (χ2n) is 7.19. The highest BCUT2D eigenvalue weighted by Gasteiger charge is 2.22. The smallest absolute Gasteiger partial charge is 0.277 e. The molecule has 0 radical (unpaired) electrons. The van der Waals surface area contributed by atoms with Crippen LogP contribution in [0, 0.1) is 13.8 Å². The van der Waals surface area contributed by atoms with Gasteiger partial charge in [0.25, 0.3) is 5.22 Å². The molecule has 2 atom stereocenters. The van der Waals surface area contributed by atoms with Crippen molar-refractivity contribution in [2.45, 2.75) is 57.1 Å². The van der Waals surface area contributed by atoms with Crippen molar-refractivity contribution in [2.24, 2.45) is 0 Å². The van der Waals surface area contributed by atoms with Gasteiger partial charge in [0.1, 0.15) is 0 Å². The maximum Gasteiger partial charge on any atom is 0.277 e. The van der Waals surface area contributed by atoms with Crippen LogP contribution in [0.1, 0.15) is 49.4 Å². The van der Waals surface area contributed by atoms with Crippen LogP contribution in [0.15, 0.2) is 58.2 Å². The molecular formula is C23H27N3O2S. The average Bonchev–Trinajstić information content (AvgIpc) is 3.18. The zero-order valence-electron chi connectivity index (χ0n) is 17.3. The van der Waals surface area contributed by atoms with Gasteiger partial charge in [-0.05, 0) is 56.0 Å². The van der Waals surface area contributed by atoms with Crippen LogP contribution in [0.25, 0.3) is 11.5 Å².